The lowest BCUT2D eigenvalue weighted by Gasteiger charge is -2.08. The van der Waals surface area contributed by atoms with Gasteiger partial charge in [-0.05, 0) is 39.0 Å². The first-order valence-electron chi connectivity index (χ1n) is 5.37. The van der Waals surface area contributed by atoms with Gasteiger partial charge in [0, 0.05) is 6.42 Å². The molecule has 1 atom stereocenters. The van der Waals surface area contributed by atoms with Crippen molar-refractivity contribution in [1.29, 1.82) is 0 Å². The van der Waals surface area contributed by atoms with E-state index in [1.165, 1.54) is 12.0 Å². The first kappa shape index (κ1) is 13.2. The van der Waals surface area contributed by atoms with Crippen LogP contribution in [0, 0.1) is 5.92 Å². The molecule has 0 amide bonds. The summed E-state index contributed by atoms with van der Waals surface area (Å²) < 4.78 is 0. The molecular weight excluding hydrogens is 176 g/mol. The third-order valence-electron chi connectivity index (χ3n) is 2.30. The van der Waals surface area contributed by atoms with E-state index in [1.807, 2.05) is 0 Å². The maximum Gasteiger partial charge on any atom is 0.303 e. The van der Waals surface area contributed by atoms with E-state index in [2.05, 4.69) is 26.8 Å². The Morgan fingerprint density at radius 1 is 1.36 bits per heavy atom. The smallest absolute Gasteiger partial charge is 0.303 e. The van der Waals surface area contributed by atoms with E-state index in [9.17, 15) is 4.79 Å². The Morgan fingerprint density at radius 3 is 2.50 bits per heavy atom. The molecule has 0 aromatic heterocycles. The lowest BCUT2D eigenvalue weighted by Crippen LogP contribution is -1.98. The van der Waals surface area contributed by atoms with Crippen LogP contribution < -0.4 is 0 Å². The SMILES string of the molecule is CC(C)=CCCC(C)CCCC(=O)O. The van der Waals surface area contributed by atoms with Gasteiger partial charge < -0.3 is 5.11 Å². The molecule has 0 aliphatic carbocycles. The zero-order chi connectivity index (χ0) is 11.0. The minimum atomic E-state index is -0.679. The van der Waals surface area contributed by atoms with E-state index in [4.69, 9.17) is 5.11 Å². The van der Waals surface area contributed by atoms with Gasteiger partial charge >= 0.3 is 5.97 Å². The fourth-order valence-corrected chi connectivity index (χ4v) is 1.40. The van der Waals surface area contributed by atoms with Gasteiger partial charge in [0.15, 0.2) is 0 Å². The molecule has 0 spiro atoms. The summed E-state index contributed by atoms with van der Waals surface area (Å²) in [6, 6.07) is 0. The van der Waals surface area contributed by atoms with Crippen molar-refractivity contribution in [2.75, 3.05) is 0 Å². The van der Waals surface area contributed by atoms with Gasteiger partial charge in [0.25, 0.3) is 0 Å². The quantitative estimate of drug-likeness (QED) is 0.634. The third kappa shape index (κ3) is 9.30. The van der Waals surface area contributed by atoms with Gasteiger partial charge in [0.2, 0.25) is 0 Å². The van der Waals surface area contributed by atoms with Gasteiger partial charge in [-0.3, -0.25) is 4.79 Å². The fourth-order valence-electron chi connectivity index (χ4n) is 1.40. The predicted molar refractivity (Wildman–Crippen MR) is 59.3 cm³/mol. The van der Waals surface area contributed by atoms with Crippen molar-refractivity contribution in [1.82, 2.24) is 0 Å². The summed E-state index contributed by atoms with van der Waals surface area (Å²) in [5.74, 6) is -0.0357. The summed E-state index contributed by atoms with van der Waals surface area (Å²) in [6.07, 6.45) is 6.69. The van der Waals surface area contributed by atoms with Crippen LogP contribution in [-0.4, -0.2) is 11.1 Å². The average Bonchev–Trinajstić information content (AvgIpc) is 2.02. The summed E-state index contributed by atoms with van der Waals surface area (Å²) >= 11 is 0. The van der Waals surface area contributed by atoms with Crippen molar-refractivity contribution in [3.63, 3.8) is 0 Å². The van der Waals surface area contributed by atoms with Crippen molar-refractivity contribution in [3.8, 4) is 0 Å². The van der Waals surface area contributed by atoms with E-state index in [0.29, 0.717) is 12.3 Å². The van der Waals surface area contributed by atoms with Gasteiger partial charge in [-0.1, -0.05) is 25.0 Å². The highest BCUT2D eigenvalue weighted by molar-refractivity contribution is 5.66. The minimum Gasteiger partial charge on any atom is -0.481 e. The molecule has 0 rings (SSSR count). The van der Waals surface area contributed by atoms with E-state index < -0.39 is 5.97 Å². The number of carboxylic acids is 1. The Kier molecular flexibility index (Phi) is 7.17. The second-order valence-corrected chi connectivity index (χ2v) is 4.25. The molecule has 82 valence electrons. The van der Waals surface area contributed by atoms with Crippen molar-refractivity contribution >= 4 is 5.97 Å². The monoisotopic (exact) mass is 198 g/mol. The van der Waals surface area contributed by atoms with Gasteiger partial charge in [-0.15, -0.1) is 0 Å². The number of rotatable bonds is 7. The van der Waals surface area contributed by atoms with Gasteiger partial charge in [-0.2, -0.15) is 0 Å². The maximum atomic E-state index is 10.3. The van der Waals surface area contributed by atoms with Gasteiger partial charge in [-0.25, -0.2) is 0 Å². The zero-order valence-electron chi connectivity index (χ0n) is 9.55. The number of carbonyl (C=O) groups is 1. The maximum absolute atomic E-state index is 10.3. The number of hydrogen-bond donors (Lipinski definition) is 1. The van der Waals surface area contributed by atoms with Crippen molar-refractivity contribution in [2.45, 2.75) is 52.9 Å². The topological polar surface area (TPSA) is 37.3 Å². The molecule has 2 heteroatoms. The molecule has 1 unspecified atom stereocenters. The van der Waals surface area contributed by atoms with Crippen molar-refractivity contribution in [2.24, 2.45) is 5.92 Å². The van der Waals surface area contributed by atoms with Crippen molar-refractivity contribution in [3.05, 3.63) is 11.6 Å². The highest BCUT2D eigenvalue weighted by Gasteiger charge is 2.03. The Morgan fingerprint density at radius 2 is 2.00 bits per heavy atom. The molecule has 0 aliphatic heterocycles. The lowest BCUT2D eigenvalue weighted by molar-refractivity contribution is -0.137. The van der Waals surface area contributed by atoms with Crippen LogP contribution in [0.25, 0.3) is 0 Å². The summed E-state index contributed by atoms with van der Waals surface area (Å²) in [6.45, 7) is 6.41. The van der Waals surface area contributed by atoms with Crippen LogP contribution in [0.5, 0.6) is 0 Å². The summed E-state index contributed by atoms with van der Waals surface area (Å²) in [5, 5.41) is 8.47. The van der Waals surface area contributed by atoms with Crippen LogP contribution in [0.15, 0.2) is 11.6 Å². The molecule has 0 saturated carbocycles. The molecule has 0 bridgehead atoms. The summed E-state index contributed by atoms with van der Waals surface area (Å²) in [5.41, 5.74) is 1.36. The zero-order valence-corrected chi connectivity index (χ0v) is 9.55. The van der Waals surface area contributed by atoms with Crippen LogP contribution in [0.1, 0.15) is 52.9 Å². The highest BCUT2D eigenvalue weighted by atomic mass is 16.4. The Bertz CT molecular complexity index is 190. The van der Waals surface area contributed by atoms with Crippen LogP contribution in [-0.2, 0) is 4.79 Å². The van der Waals surface area contributed by atoms with E-state index >= 15 is 0 Å². The standard InChI is InChI=1S/C12H22O2/c1-10(2)6-4-7-11(3)8-5-9-12(13)14/h6,11H,4-5,7-9H2,1-3H3,(H,13,14). The molecule has 0 heterocycles. The molecule has 0 saturated heterocycles. The van der Waals surface area contributed by atoms with Crippen LogP contribution >= 0.6 is 0 Å². The molecule has 0 fully saturated rings. The Labute approximate surface area is 87.0 Å². The third-order valence-corrected chi connectivity index (χ3v) is 2.30. The predicted octanol–water partition coefficient (Wildman–Crippen LogP) is 3.62. The Balaban J connectivity index is 3.41. The lowest BCUT2D eigenvalue weighted by atomic mass is 9.98. The van der Waals surface area contributed by atoms with E-state index in [1.54, 1.807) is 0 Å². The van der Waals surface area contributed by atoms with Crippen LogP contribution in [0.3, 0.4) is 0 Å². The molecular formula is C12H22O2. The first-order valence-corrected chi connectivity index (χ1v) is 5.37. The molecule has 0 aromatic carbocycles. The first-order chi connectivity index (χ1) is 6.52. The normalized spacial score (nSPS) is 12.2. The number of aliphatic carboxylic acids is 1. The van der Waals surface area contributed by atoms with E-state index in [-0.39, 0.29) is 0 Å². The largest absolute Gasteiger partial charge is 0.481 e. The molecule has 0 aliphatic rings. The molecule has 14 heavy (non-hydrogen) atoms. The number of hydrogen-bond acceptors (Lipinski definition) is 1. The molecule has 2 nitrogen and oxygen atoms in total. The summed E-state index contributed by atoms with van der Waals surface area (Å²) in [7, 11) is 0. The second-order valence-electron chi connectivity index (χ2n) is 4.25. The molecule has 0 radical (unpaired) electrons. The van der Waals surface area contributed by atoms with Crippen molar-refractivity contribution < 1.29 is 9.90 Å². The summed E-state index contributed by atoms with van der Waals surface area (Å²) in [4.78, 5) is 10.3. The van der Waals surface area contributed by atoms with Gasteiger partial charge in [0.05, 0.1) is 0 Å². The molecule has 0 aromatic rings. The van der Waals surface area contributed by atoms with Gasteiger partial charge in [0.1, 0.15) is 0 Å². The minimum absolute atomic E-state index is 0.312. The Hall–Kier alpha value is -0.790. The number of allylic oxidation sites excluding steroid dienone is 2. The van der Waals surface area contributed by atoms with Crippen LogP contribution in [0.2, 0.25) is 0 Å². The van der Waals surface area contributed by atoms with E-state index in [0.717, 1.165) is 19.3 Å². The fraction of sp³-hybridized carbons (Fsp3) is 0.750. The molecule has 1 N–H and O–H groups in total. The van der Waals surface area contributed by atoms with Crippen LogP contribution in [0.4, 0.5) is 0 Å². The number of carboxylic acid groups (broad SMARTS) is 1. The second kappa shape index (κ2) is 7.60. The highest BCUT2D eigenvalue weighted by Crippen LogP contribution is 2.14. The average molecular weight is 198 g/mol.